The zero-order valence-electron chi connectivity index (χ0n) is 17.0. The van der Waals surface area contributed by atoms with Gasteiger partial charge in [0.2, 0.25) is 0 Å². The molecule has 0 spiro atoms. The molecule has 1 aliphatic heterocycles. The van der Waals surface area contributed by atoms with E-state index in [0.29, 0.717) is 18.1 Å². The van der Waals surface area contributed by atoms with Crippen molar-refractivity contribution in [2.24, 2.45) is 0 Å². The van der Waals surface area contributed by atoms with Crippen LogP contribution in [0.1, 0.15) is 18.3 Å². The Morgan fingerprint density at radius 1 is 0.967 bits per heavy atom. The molecular formula is C23H25N3O3S. The lowest BCUT2D eigenvalue weighted by molar-refractivity contribution is 0.122. The minimum absolute atomic E-state index is 0.0366. The topological polar surface area (TPSA) is 72.4 Å². The fraction of sp³-hybridized carbons (Fsp3) is 0.304. The normalized spacial score (nSPS) is 14.6. The van der Waals surface area contributed by atoms with Gasteiger partial charge in [-0.25, -0.2) is 18.4 Å². The predicted molar refractivity (Wildman–Crippen MR) is 117 cm³/mol. The van der Waals surface area contributed by atoms with Crippen LogP contribution in [0.2, 0.25) is 0 Å². The third-order valence-corrected chi connectivity index (χ3v) is 6.85. The minimum Gasteiger partial charge on any atom is -0.378 e. The van der Waals surface area contributed by atoms with Gasteiger partial charge in [0.05, 0.1) is 23.9 Å². The van der Waals surface area contributed by atoms with E-state index in [2.05, 4.69) is 14.9 Å². The van der Waals surface area contributed by atoms with Crippen molar-refractivity contribution in [2.75, 3.05) is 31.2 Å². The third kappa shape index (κ3) is 4.68. The van der Waals surface area contributed by atoms with Crippen LogP contribution in [-0.2, 0) is 26.7 Å². The number of benzene rings is 2. The number of ether oxygens (including phenoxy) is 1. The van der Waals surface area contributed by atoms with Crippen LogP contribution in [-0.4, -0.2) is 44.7 Å². The van der Waals surface area contributed by atoms with Crippen molar-refractivity contribution in [2.45, 2.75) is 24.0 Å². The second-order valence-electron chi connectivity index (χ2n) is 7.30. The van der Waals surface area contributed by atoms with Crippen molar-refractivity contribution < 1.29 is 13.2 Å². The van der Waals surface area contributed by atoms with Crippen molar-refractivity contribution >= 4 is 15.5 Å². The Kier molecular flexibility index (Phi) is 6.11. The summed E-state index contributed by atoms with van der Waals surface area (Å²) in [6.07, 6.45) is 4.28. The number of anilines is 1. The first kappa shape index (κ1) is 20.5. The summed E-state index contributed by atoms with van der Waals surface area (Å²) in [7, 11) is -3.52. The first-order chi connectivity index (χ1) is 14.5. The smallest absolute Gasteiger partial charge is 0.182 e. The molecule has 7 heteroatoms. The molecule has 0 N–H and O–H groups in total. The summed E-state index contributed by atoms with van der Waals surface area (Å²) < 4.78 is 32.0. The number of rotatable bonds is 6. The van der Waals surface area contributed by atoms with E-state index in [4.69, 9.17) is 4.74 Å². The maximum atomic E-state index is 13.2. The molecule has 2 heterocycles. The standard InChI is InChI=1S/C23H25N3O3S/c1-2-23-24-15-20(16-25-23)19-12-21(26-8-10-29-11-9-26)14-22(13-19)30(27,28)17-18-6-4-3-5-7-18/h3-7,12-16H,2,8-11,17H2,1H3. The van der Waals surface area contributed by atoms with Crippen LogP contribution >= 0.6 is 0 Å². The molecule has 0 radical (unpaired) electrons. The summed E-state index contributed by atoms with van der Waals surface area (Å²) in [6.45, 7) is 4.72. The number of hydrogen-bond donors (Lipinski definition) is 0. The van der Waals surface area contributed by atoms with E-state index < -0.39 is 9.84 Å². The van der Waals surface area contributed by atoms with Crippen molar-refractivity contribution in [3.05, 3.63) is 72.3 Å². The zero-order valence-corrected chi connectivity index (χ0v) is 17.8. The highest BCUT2D eigenvalue weighted by atomic mass is 32.2. The van der Waals surface area contributed by atoms with Gasteiger partial charge < -0.3 is 9.64 Å². The SMILES string of the molecule is CCc1ncc(-c2cc(N3CCOCC3)cc(S(=O)(=O)Cc3ccccc3)c2)cn1. The Morgan fingerprint density at radius 3 is 2.33 bits per heavy atom. The molecule has 3 aromatic rings. The van der Waals surface area contributed by atoms with Crippen LogP contribution < -0.4 is 4.90 Å². The van der Waals surface area contributed by atoms with Crippen LogP contribution in [0.5, 0.6) is 0 Å². The molecule has 1 fully saturated rings. The lowest BCUT2D eigenvalue weighted by Gasteiger charge is -2.29. The average molecular weight is 424 g/mol. The van der Waals surface area contributed by atoms with E-state index >= 15 is 0 Å². The summed E-state index contributed by atoms with van der Waals surface area (Å²) in [6, 6.07) is 14.8. The first-order valence-electron chi connectivity index (χ1n) is 10.1. The number of morpholine rings is 1. The molecular weight excluding hydrogens is 398 g/mol. The Morgan fingerprint density at radius 2 is 1.67 bits per heavy atom. The lowest BCUT2D eigenvalue weighted by Crippen LogP contribution is -2.36. The number of sulfone groups is 1. The van der Waals surface area contributed by atoms with Gasteiger partial charge in [-0.2, -0.15) is 0 Å². The molecule has 1 aromatic heterocycles. The Hall–Kier alpha value is -2.77. The van der Waals surface area contributed by atoms with Crippen molar-refractivity contribution in [3.8, 4) is 11.1 Å². The van der Waals surface area contributed by atoms with E-state index in [1.807, 2.05) is 43.3 Å². The van der Waals surface area contributed by atoms with E-state index in [-0.39, 0.29) is 5.75 Å². The van der Waals surface area contributed by atoms with Crippen LogP contribution in [0, 0.1) is 0 Å². The van der Waals surface area contributed by atoms with Gasteiger partial charge in [0.25, 0.3) is 0 Å². The van der Waals surface area contributed by atoms with E-state index in [0.717, 1.165) is 47.7 Å². The number of nitrogens with zero attached hydrogens (tertiary/aromatic N) is 3. The van der Waals surface area contributed by atoms with Gasteiger partial charge in [0.1, 0.15) is 5.82 Å². The largest absolute Gasteiger partial charge is 0.378 e. The summed E-state index contributed by atoms with van der Waals surface area (Å²) in [5.74, 6) is 0.727. The minimum atomic E-state index is -3.52. The van der Waals surface area contributed by atoms with Crippen LogP contribution in [0.25, 0.3) is 11.1 Å². The maximum absolute atomic E-state index is 13.2. The fourth-order valence-electron chi connectivity index (χ4n) is 3.50. The van der Waals surface area contributed by atoms with Gasteiger partial charge in [-0.3, -0.25) is 0 Å². The molecule has 0 unspecified atom stereocenters. The molecule has 4 rings (SSSR count). The van der Waals surface area contributed by atoms with Gasteiger partial charge >= 0.3 is 0 Å². The van der Waals surface area contributed by atoms with E-state index in [1.165, 1.54) is 0 Å². The summed E-state index contributed by atoms with van der Waals surface area (Å²) >= 11 is 0. The highest BCUT2D eigenvalue weighted by Crippen LogP contribution is 2.30. The van der Waals surface area contributed by atoms with Gasteiger partial charge in [-0.1, -0.05) is 37.3 Å². The van der Waals surface area contributed by atoms with Crippen LogP contribution in [0.15, 0.2) is 65.8 Å². The first-order valence-corrected chi connectivity index (χ1v) is 11.8. The molecule has 2 aromatic carbocycles. The Balaban J connectivity index is 1.76. The maximum Gasteiger partial charge on any atom is 0.182 e. The molecule has 0 aliphatic carbocycles. The zero-order chi connectivity index (χ0) is 21.0. The highest BCUT2D eigenvalue weighted by Gasteiger charge is 2.20. The molecule has 0 atom stereocenters. The highest BCUT2D eigenvalue weighted by molar-refractivity contribution is 7.90. The van der Waals surface area contributed by atoms with Crippen LogP contribution in [0.3, 0.4) is 0 Å². The molecule has 1 aliphatic rings. The van der Waals surface area contributed by atoms with Gasteiger partial charge in [0.15, 0.2) is 9.84 Å². The monoisotopic (exact) mass is 423 g/mol. The lowest BCUT2D eigenvalue weighted by atomic mass is 10.1. The Bertz CT molecular complexity index is 1090. The fourth-order valence-corrected chi connectivity index (χ4v) is 4.90. The molecule has 156 valence electrons. The molecule has 0 amide bonds. The second-order valence-corrected chi connectivity index (χ2v) is 9.29. The number of aromatic nitrogens is 2. The second kappa shape index (κ2) is 8.93. The Labute approximate surface area is 177 Å². The average Bonchev–Trinajstić information content (AvgIpc) is 2.80. The van der Waals surface area contributed by atoms with Gasteiger partial charge in [0, 0.05) is 43.2 Å². The quantitative estimate of drug-likeness (QED) is 0.604. The molecule has 0 bridgehead atoms. The third-order valence-electron chi connectivity index (χ3n) is 5.18. The van der Waals surface area contributed by atoms with Gasteiger partial charge in [-0.15, -0.1) is 0 Å². The number of hydrogen-bond acceptors (Lipinski definition) is 6. The predicted octanol–water partition coefficient (Wildman–Crippen LogP) is 3.52. The summed E-state index contributed by atoms with van der Waals surface area (Å²) in [5.41, 5.74) is 3.25. The van der Waals surface area contributed by atoms with E-state index in [1.54, 1.807) is 24.5 Å². The van der Waals surface area contributed by atoms with Crippen molar-refractivity contribution in [1.82, 2.24) is 9.97 Å². The van der Waals surface area contributed by atoms with Crippen molar-refractivity contribution in [3.63, 3.8) is 0 Å². The summed E-state index contributed by atoms with van der Waals surface area (Å²) in [4.78, 5) is 11.2. The molecule has 30 heavy (non-hydrogen) atoms. The summed E-state index contributed by atoms with van der Waals surface area (Å²) in [5, 5.41) is 0. The van der Waals surface area contributed by atoms with Crippen molar-refractivity contribution in [1.29, 1.82) is 0 Å². The molecule has 1 saturated heterocycles. The van der Waals surface area contributed by atoms with E-state index in [9.17, 15) is 8.42 Å². The van der Waals surface area contributed by atoms with Gasteiger partial charge in [-0.05, 0) is 29.3 Å². The molecule has 0 saturated carbocycles. The molecule has 6 nitrogen and oxygen atoms in total. The van der Waals surface area contributed by atoms with Crippen LogP contribution in [0.4, 0.5) is 5.69 Å². The number of aryl methyl sites for hydroxylation is 1.